The van der Waals surface area contributed by atoms with Gasteiger partial charge in [-0.1, -0.05) is 24.3 Å². The van der Waals surface area contributed by atoms with Gasteiger partial charge in [0.05, 0.1) is 7.11 Å². The van der Waals surface area contributed by atoms with E-state index < -0.39 is 17.5 Å². The Morgan fingerprint density at radius 3 is 2.40 bits per heavy atom. The van der Waals surface area contributed by atoms with Gasteiger partial charge in [-0.25, -0.2) is 23.7 Å². The molecule has 0 bridgehead atoms. The smallest absolute Gasteiger partial charge is 0.316 e. The number of aromatic nitrogens is 3. The minimum atomic E-state index is -0.784. The molecule has 0 radical (unpaired) electrons. The number of rotatable bonds is 5. The van der Waals surface area contributed by atoms with Crippen LogP contribution in [0.1, 0.15) is 21.6 Å². The maximum Gasteiger partial charge on any atom is 0.316 e. The standard InChI is InChI=1S/C22H16F2N4O2/c1-30-22-26-10-12(11-27-22)8-14-4-7-16-17(13-2-5-15(23)6-3-13)9-18(21(25)29)28-20(16)19(14)24/h2-7,9-11H,8H2,1H3,(H2,25,29). The van der Waals surface area contributed by atoms with Gasteiger partial charge in [0.1, 0.15) is 17.0 Å². The van der Waals surface area contributed by atoms with Crippen LogP contribution >= 0.6 is 0 Å². The Labute approximate surface area is 170 Å². The maximum absolute atomic E-state index is 15.4. The van der Waals surface area contributed by atoms with Crippen molar-refractivity contribution in [2.24, 2.45) is 5.73 Å². The first-order valence-corrected chi connectivity index (χ1v) is 8.99. The molecule has 0 saturated carbocycles. The molecule has 2 heterocycles. The summed E-state index contributed by atoms with van der Waals surface area (Å²) in [5, 5.41) is 0.485. The molecular formula is C22H16F2N4O2. The van der Waals surface area contributed by atoms with Crippen molar-refractivity contribution in [1.82, 2.24) is 15.0 Å². The Kier molecular flexibility index (Phi) is 5.05. The molecule has 4 rings (SSSR count). The van der Waals surface area contributed by atoms with Gasteiger partial charge in [-0.2, -0.15) is 0 Å². The first-order valence-electron chi connectivity index (χ1n) is 8.99. The molecule has 6 nitrogen and oxygen atoms in total. The molecule has 30 heavy (non-hydrogen) atoms. The molecule has 4 aromatic rings. The van der Waals surface area contributed by atoms with Crippen LogP contribution in [0.25, 0.3) is 22.0 Å². The van der Waals surface area contributed by atoms with E-state index in [9.17, 15) is 9.18 Å². The highest BCUT2D eigenvalue weighted by atomic mass is 19.1. The number of nitrogens with two attached hydrogens (primary N) is 1. The second-order valence-electron chi connectivity index (χ2n) is 6.62. The number of ether oxygens (including phenoxy) is 1. The lowest BCUT2D eigenvalue weighted by Crippen LogP contribution is -2.14. The van der Waals surface area contributed by atoms with Gasteiger partial charge in [-0.3, -0.25) is 4.79 Å². The number of methoxy groups -OCH3 is 1. The van der Waals surface area contributed by atoms with E-state index in [1.54, 1.807) is 36.7 Å². The number of halogens is 2. The molecule has 8 heteroatoms. The molecule has 0 unspecified atom stereocenters. The average molecular weight is 406 g/mol. The fourth-order valence-electron chi connectivity index (χ4n) is 3.19. The molecule has 0 fully saturated rings. The largest absolute Gasteiger partial charge is 0.467 e. The summed E-state index contributed by atoms with van der Waals surface area (Å²) in [4.78, 5) is 24.0. The Hall–Kier alpha value is -3.94. The topological polar surface area (TPSA) is 91.0 Å². The highest BCUT2D eigenvalue weighted by molar-refractivity contribution is 6.01. The lowest BCUT2D eigenvalue weighted by atomic mass is 9.97. The van der Waals surface area contributed by atoms with E-state index in [1.807, 2.05) is 0 Å². The lowest BCUT2D eigenvalue weighted by Gasteiger charge is -2.12. The SMILES string of the molecule is COc1ncc(Cc2ccc3c(-c4ccc(F)cc4)cc(C(N)=O)nc3c2F)cn1. The van der Waals surface area contributed by atoms with E-state index in [4.69, 9.17) is 10.5 Å². The summed E-state index contributed by atoms with van der Waals surface area (Å²) < 4.78 is 33.6. The predicted octanol–water partition coefficient (Wildman–Crippen LogP) is 3.67. The molecule has 0 aliphatic carbocycles. The van der Waals surface area contributed by atoms with Gasteiger partial charge in [0.25, 0.3) is 5.91 Å². The van der Waals surface area contributed by atoms with Crippen LogP contribution in [0.5, 0.6) is 6.01 Å². The first kappa shape index (κ1) is 19.4. The molecule has 2 aromatic heterocycles. The number of carbonyl (C=O) groups is 1. The number of hydrogen-bond donors (Lipinski definition) is 1. The molecule has 0 spiro atoms. The van der Waals surface area contributed by atoms with Crippen molar-refractivity contribution < 1.29 is 18.3 Å². The zero-order valence-corrected chi connectivity index (χ0v) is 15.9. The van der Waals surface area contributed by atoms with Gasteiger partial charge in [-0.05, 0) is 40.5 Å². The fourth-order valence-corrected chi connectivity index (χ4v) is 3.19. The summed E-state index contributed by atoms with van der Waals surface area (Å²) in [6.45, 7) is 0. The lowest BCUT2D eigenvalue weighted by molar-refractivity contribution is 0.0996. The van der Waals surface area contributed by atoms with Crippen molar-refractivity contribution in [2.45, 2.75) is 6.42 Å². The van der Waals surface area contributed by atoms with Gasteiger partial charge < -0.3 is 10.5 Å². The van der Waals surface area contributed by atoms with Crippen LogP contribution in [-0.2, 0) is 6.42 Å². The van der Waals surface area contributed by atoms with Gasteiger partial charge >= 0.3 is 6.01 Å². The molecule has 1 amide bonds. The highest BCUT2D eigenvalue weighted by Crippen LogP contribution is 2.32. The highest BCUT2D eigenvalue weighted by Gasteiger charge is 2.17. The minimum Gasteiger partial charge on any atom is -0.467 e. The van der Waals surface area contributed by atoms with Gasteiger partial charge in [0, 0.05) is 24.2 Å². The van der Waals surface area contributed by atoms with Crippen molar-refractivity contribution in [3.8, 4) is 17.1 Å². The summed E-state index contributed by atoms with van der Waals surface area (Å²) in [6, 6.07) is 10.7. The van der Waals surface area contributed by atoms with Crippen molar-refractivity contribution in [2.75, 3.05) is 7.11 Å². The molecule has 0 aliphatic heterocycles. The van der Waals surface area contributed by atoms with Crippen LogP contribution in [0.4, 0.5) is 8.78 Å². The third kappa shape index (κ3) is 3.67. The van der Waals surface area contributed by atoms with Gasteiger partial charge in [0.15, 0.2) is 5.82 Å². The molecule has 150 valence electrons. The van der Waals surface area contributed by atoms with Crippen LogP contribution in [-0.4, -0.2) is 28.0 Å². The van der Waals surface area contributed by atoms with Crippen LogP contribution in [0.15, 0.2) is 54.9 Å². The van der Waals surface area contributed by atoms with Crippen molar-refractivity contribution in [1.29, 1.82) is 0 Å². The normalized spacial score (nSPS) is 10.9. The zero-order valence-electron chi connectivity index (χ0n) is 15.9. The Morgan fingerprint density at radius 2 is 1.77 bits per heavy atom. The molecule has 0 atom stereocenters. The van der Waals surface area contributed by atoms with Gasteiger partial charge in [-0.15, -0.1) is 0 Å². The first-order chi connectivity index (χ1) is 14.5. The van der Waals surface area contributed by atoms with Crippen molar-refractivity contribution >= 4 is 16.8 Å². The zero-order chi connectivity index (χ0) is 21.3. The van der Waals surface area contributed by atoms with Crippen LogP contribution in [0.3, 0.4) is 0 Å². The number of carbonyl (C=O) groups excluding carboxylic acids is 1. The van der Waals surface area contributed by atoms with Crippen molar-refractivity contribution in [3.05, 3.63) is 83.3 Å². The van der Waals surface area contributed by atoms with E-state index in [-0.39, 0.29) is 23.6 Å². The molecule has 0 aliphatic rings. The second kappa shape index (κ2) is 7.82. The maximum atomic E-state index is 15.4. The Bertz CT molecular complexity index is 1240. The number of benzene rings is 2. The molecule has 2 aromatic carbocycles. The molecular weight excluding hydrogens is 390 g/mol. The van der Waals surface area contributed by atoms with E-state index in [1.165, 1.54) is 25.3 Å². The van der Waals surface area contributed by atoms with Crippen LogP contribution in [0.2, 0.25) is 0 Å². The summed E-state index contributed by atoms with van der Waals surface area (Å²) in [7, 11) is 1.46. The number of primary amides is 1. The quantitative estimate of drug-likeness (QED) is 0.546. The van der Waals surface area contributed by atoms with E-state index in [0.29, 0.717) is 27.6 Å². The number of pyridine rings is 1. The van der Waals surface area contributed by atoms with E-state index in [2.05, 4.69) is 15.0 Å². The average Bonchev–Trinajstić information content (AvgIpc) is 2.76. The van der Waals surface area contributed by atoms with E-state index in [0.717, 1.165) is 0 Å². The number of amides is 1. The van der Waals surface area contributed by atoms with Gasteiger partial charge in [0.2, 0.25) is 0 Å². The fraction of sp³-hybridized carbons (Fsp3) is 0.0909. The number of hydrogen-bond acceptors (Lipinski definition) is 5. The third-order valence-electron chi connectivity index (χ3n) is 4.67. The summed E-state index contributed by atoms with van der Waals surface area (Å²) in [6.07, 6.45) is 3.32. The van der Waals surface area contributed by atoms with E-state index >= 15 is 4.39 Å². The summed E-state index contributed by atoms with van der Waals surface area (Å²) >= 11 is 0. The number of nitrogens with zero attached hydrogens (tertiary/aromatic N) is 3. The Balaban J connectivity index is 1.85. The molecule has 2 N–H and O–H groups in total. The Morgan fingerprint density at radius 1 is 1.07 bits per heavy atom. The number of fused-ring (bicyclic) bond motifs is 1. The van der Waals surface area contributed by atoms with Crippen molar-refractivity contribution in [3.63, 3.8) is 0 Å². The predicted molar refractivity (Wildman–Crippen MR) is 107 cm³/mol. The van der Waals surface area contributed by atoms with Crippen LogP contribution in [0, 0.1) is 11.6 Å². The third-order valence-corrected chi connectivity index (χ3v) is 4.67. The monoisotopic (exact) mass is 406 g/mol. The second-order valence-corrected chi connectivity index (χ2v) is 6.62. The summed E-state index contributed by atoms with van der Waals surface area (Å²) in [5.74, 6) is -1.76. The molecule has 0 saturated heterocycles. The van der Waals surface area contributed by atoms with Crippen LogP contribution < -0.4 is 10.5 Å². The summed E-state index contributed by atoms with van der Waals surface area (Å²) in [5.41, 5.74) is 7.52. The minimum absolute atomic E-state index is 0.0116.